The summed E-state index contributed by atoms with van der Waals surface area (Å²) in [6.07, 6.45) is 1.48. The predicted octanol–water partition coefficient (Wildman–Crippen LogP) is 2.27. The van der Waals surface area contributed by atoms with Crippen molar-refractivity contribution in [3.05, 3.63) is 23.8 Å². The molecule has 0 aliphatic heterocycles. The van der Waals surface area contributed by atoms with Crippen molar-refractivity contribution in [3.8, 4) is 5.75 Å². The smallest absolute Gasteiger partial charge is 0.241 e. The maximum Gasteiger partial charge on any atom is 0.241 e. The standard InChI is InChI=1S/C15H26N2O3S/c1-6-15(3,7-2)17-21(18,19)13-8-9-14(20-5)12(10-13)11-16-4/h8-10,16-17H,6-7,11H2,1-5H3. The maximum absolute atomic E-state index is 12.5. The van der Waals surface area contributed by atoms with E-state index in [1.807, 2.05) is 27.8 Å². The zero-order valence-electron chi connectivity index (χ0n) is 13.5. The summed E-state index contributed by atoms with van der Waals surface area (Å²) >= 11 is 0. The molecule has 1 aromatic rings. The average Bonchev–Trinajstić information content (AvgIpc) is 2.47. The summed E-state index contributed by atoms with van der Waals surface area (Å²) in [5.74, 6) is 0.678. The summed E-state index contributed by atoms with van der Waals surface area (Å²) < 4.78 is 33.2. The molecule has 0 saturated carbocycles. The molecule has 0 amide bonds. The number of ether oxygens (including phenoxy) is 1. The minimum Gasteiger partial charge on any atom is -0.496 e. The second kappa shape index (κ2) is 7.24. The molecule has 5 nitrogen and oxygen atoms in total. The molecule has 21 heavy (non-hydrogen) atoms. The molecular weight excluding hydrogens is 288 g/mol. The Morgan fingerprint density at radius 1 is 1.24 bits per heavy atom. The Morgan fingerprint density at radius 2 is 1.86 bits per heavy atom. The Bertz CT molecular complexity index is 566. The third kappa shape index (κ3) is 4.43. The van der Waals surface area contributed by atoms with Crippen LogP contribution in [-0.2, 0) is 16.6 Å². The van der Waals surface area contributed by atoms with Gasteiger partial charge in [-0.2, -0.15) is 0 Å². The Hall–Kier alpha value is -1.11. The van der Waals surface area contributed by atoms with Crippen molar-refractivity contribution in [3.63, 3.8) is 0 Å². The van der Waals surface area contributed by atoms with Crippen LogP contribution in [0, 0.1) is 0 Å². The van der Waals surface area contributed by atoms with Gasteiger partial charge in [-0.25, -0.2) is 13.1 Å². The number of sulfonamides is 1. The molecule has 1 aromatic carbocycles. The summed E-state index contributed by atoms with van der Waals surface area (Å²) in [5.41, 5.74) is 0.389. The minimum absolute atomic E-state index is 0.265. The summed E-state index contributed by atoms with van der Waals surface area (Å²) in [4.78, 5) is 0.265. The molecule has 0 aliphatic carbocycles. The lowest BCUT2D eigenvalue weighted by Gasteiger charge is -2.28. The zero-order valence-corrected chi connectivity index (χ0v) is 14.3. The highest BCUT2D eigenvalue weighted by molar-refractivity contribution is 7.89. The number of hydrogen-bond acceptors (Lipinski definition) is 4. The molecule has 0 unspecified atom stereocenters. The number of methoxy groups -OCH3 is 1. The van der Waals surface area contributed by atoms with E-state index in [1.54, 1.807) is 25.3 Å². The number of hydrogen-bond donors (Lipinski definition) is 2. The average molecular weight is 314 g/mol. The van der Waals surface area contributed by atoms with Crippen molar-refractivity contribution >= 4 is 10.0 Å². The highest BCUT2D eigenvalue weighted by Gasteiger charge is 2.27. The predicted molar refractivity (Wildman–Crippen MR) is 85.1 cm³/mol. The molecule has 0 spiro atoms. The lowest BCUT2D eigenvalue weighted by Crippen LogP contribution is -2.44. The first-order valence-corrected chi connectivity index (χ1v) is 8.65. The minimum atomic E-state index is -3.54. The third-order valence-electron chi connectivity index (χ3n) is 3.87. The molecule has 1 rings (SSSR count). The van der Waals surface area contributed by atoms with Crippen LogP contribution in [-0.4, -0.2) is 28.1 Å². The summed E-state index contributed by atoms with van der Waals surface area (Å²) in [6.45, 7) is 6.42. The Labute approximate surface area is 128 Å². The van der Waals surface area contributed by atoms with Gasteiger partial charge in [0.05, 0.1) is 12.0 Å². The van der Waals surface area contributed by atoms with Gasteiger partial charge >= 0.3 is 0 Å². The largest absolute Gasteiger partial charge is 0.496 e. The van der Waals surface area contributed by atoms with E-state index < -0.39 is 15.6 Å². The van der Waals surface area contributed by atoms with E-state index in [1.165, 1.54) is 0 Å². The van der Waals surface area contributed by atoms with Gasteiger partial charge in [0, 0.05) is 17.6 Å². The highest BCUT2D eigenvalue weighted by atomic mass is 32.2. The van der Waals surface area contributed by atoms with Gasteiger partial charge in [0.1, 0.15) is 5.75 Å². The molecule has 0 atom stereocenters. The molecule has 0 fully saturated rings. The lowest BCUT2D eigenvalue weighted by atomic mass is 9.98. The van der Waals surface area contributed by atoms with E-state index in [0.717, 1.165) is 18.4 Å². The summed E-state index contributed by atoms with van der Waals surface area (Å²) in [7, 11) is -0.156. The van der Waals surface area contributed by atoms with E-state index >= 15 is 0 Å². The molecule has 120 valence electrons. The van der Waals surface area contributed by atoms with Crippen LogP contribution in [0.4, 0.5) is 0 Å². The molecule has 0 aromatic heterocycles. The second-order valence-electron chi connectivity index (χ2n) is 5.38. The first-order chi connectivity index (χ1) is 9.81. The Morgan fingerprint density at radius 3 is 2.33 bits per heavy atom. The topological polar surface area (TPSA) is 67.4 Å². The fourth-order valence-electron chi connectivity index (χ4n) is 2.03. The third-order valence-corrected chi connectivity index (χ3v) is 5.51. The van der Waals surface area contributed by atoms with Gasteiger partial charge in [0.15, 0.2) is 0 Å². The van der Waals surface area contributed by atoms with Gasteiger partial charge in [-0.3, -0.25) is 0 Å². The van der Waals surface area contributed by atoms with Crippen LogP contribution >= 0.6 is 0 Å². The molecule has 0 saturated heterocycles. The van der Waals surface area contributed by atoms with Crippen LogP contribution in [0.5, 0.6) is 5.75 Å². The van der Waals surface area contributed by atoms with E-state index in [4.69, 9.17) is 4.74 Å². The molecule has 2 N–H and O–H groups in total. The second-order valence-corrected chi connectivity index (χ2v) is 7.06. The van der Waals surface area contributed by atoms with Crippen molar-refractivity contribution in [2.45, 2.75) is 50.6 Å². The zero-order chi connectivity index (χ0) is 16.1. The fourth-order valence-corrected chi connectivity index (χ4v) is 3.63. The normalized spacial score (nSPS) is 12.4. The van der Waals surface area contributed by atoms with E-state index in [9.17, 15) is 8.42 Å². The van der Waals surface area contributed by atoms with Gasteiger partial charge < -0.3 is 10.1 Å². The van der Waals surface area contributed by atoms with Crippen LogP contribution in [0.3, 0.4) is 0 Å². The first-order valence-electron chi connectivity index (χ1n) is 7.17. The monoisotopic (exact) mass is 314 g/mol. The quantitative estimate of drug-likeness (QED) is 0.772. The van der Waals surface area contributed by atoms with Crippen LogP contribution in [0.2, 0.25) is 0 Å². The molecule has 0 radical (unpaired) electrons. The van der Waals surface area contributed by atoms with Crippen molar-refractivity contribution in [1.29, 1.82) is 0 Å². The molecule has 0 aliphatic rings. The number of nitrogens with one attached hydrogen (secondary N) is 2. The van der Waals surface area contributed by atoms with Gasteiger partial charge in [-0.1, -0.05) is 13.8 Å². The maximum atomic E-state index is 12.5. The lowest BCUT2D eigenvalue weighted by molar-refractivity contribution is 0.388. The molecular formula is C15H26N2O3S. The van der Waals surface area contributed by atoms with Crippen LogP contribution < -0.4 is 14.8 Å². The molecule has 6 heteroatoms. The van der Waals surface area contributed by atoms with Gasteiger partial charge in [0.25, 0.3) is 0 Å². The van der Waals surface area contributed by atoms with E-state index in [2.05, 4.69) is 10.0 Å². The van der Waals surface area contributed by atoms with Gasteiger partial charge in [-0.15, -0.1) is 0 Å². The Kier molecular flexibility index (Phi) is 6.19. The highest BCUT2D eigenvalue weighted by Crippen LogP contribution is 2.24. The van der Waals surface area contributed by atoms with Crippen LogP contribution in [0.1, 0.15) is 39.2 Å². The van der Waals surface area contributed by atoms with Gasteiger partial charge in [-0.05, 0) is 45.0 Å². The number of rotatable bonds is 8. The van der Waals surface area contributed by atoms with E-state index in [-0.39, 0.29) is 4.90 Å². The van der Waals surface area contributed by atoms with Crippen molar-refractivity contribution in [2.75, 3.05) is 14.2 Å². The SMILES string of the molecule is CCC(C)(CC)NS(=O)(=O)c1ccc(OC)c(CNC)c1. The Balaban J connectivity index is 3.17. The summed E-state index contributed by atoms with van der Waals surface area (Å²) in [6, 6.07) is 4.92. The number of benzene rings is 1. The van der Waals surface area contributed by atoms with Crippen LogP contribution in [0.25, 0.3) is 0 Å². The van der Waals surface area contributed by atoms with E-state index in [0.29, 0.717) is 12.3 Å². The molecule has 0 bridgehead atoms. The van der Waals surface area contributed by atoms with Crippen molar-refractivity contribution < 1.29 is 13.2 Å². The van der Waals surface area contributed by atoms with Crippen molar-refractivity contribution in [1.82, 2.24) is 10.0 Å². The molecule has 0 heterocycles. The van der Waals surface area contributed by atoms with Crippen molar-refractivity contribution in [2.24, 2.45) is 0 Å². The van der Waals surface area contributed by atoms with Crippen LogP contribution in [0.15, 0.2) is 23.1 Å². The van der Waals surface area contributed by atoms with Gasteiger partial charge in [0.2, 0.25) is 10.0 Å². The summed E-state index contributed by atoms with van der Waals surface area (Å²) in [5, 5.41) is 3.01. The first kappa shape index (κ1) is 17.9. The fraction of sp³-hybridized carbons (Fsp3) is 0.600.